The van der Waals surface area contributed by atoms with E-state index in [0.29, 0.717) is 19.8 Å². The molecule has 0 aromatic rings. The van der Waals surface area contributed by atoms with E-state index in [1.807, 2.05) is 6.92 Å². The Labute approximate surface area is 55.5 Å². The summed E-state index contributed by atoms with van der Waals surface area (Å²) < 4.78 is 10.6. The summed E-state index contributed by atoms with van der Waals surface area (Å²) in [6.07, 6.45) is 1.78. The number of ether oxygens (including phenoxy) is 2. The minimum absolute atomic E-state index is 0.238. The first-order valence-corrected chi connectivity index (χ1v) is 3.12. The van der Waals surface area contributed by atoms with Crippen LogP contribution in [0.2, 0.25) is 0 Å². The summed E-state index contributed by atoms with van der Waals surface area (Å²) in [5.41, 5.74) is -0.238. The Kier molecular flexibility index (Phi) is 1.88. The molecule has 0 bridgehead atoms. The first kappa shape index (κ1) is 6.78. The summed E-state index contributed by atoms with van der Waals surface area (Å²) in [7, 11) is 0. The summed E-state index contributed by atoms with van der Waals surface area (Å²) in [5, 5.41) is 0. The molecular weight excluding hydrogens is 116 g/mol. The molecule has 1 aliphatic heterocycles. The Morgan fingerprint density at radius 1 is 1.56 bits per heavy atom. The minimum atomic E-state index is -0.238. The molecular formula is C7H12O2. The largest absolute Gasteiger partial charge is 0.376 e. The van der Waals surface area contributed by atoms with Crippen LogP contribution < -0.4 is 0 Å². The van der Waals surface area contributed by atoms with Crippen LogP contribution in [0.1, 0.15) is 6.92 Å². The average molecular weight is 128 g/mol. The van der Waals surface area contributed by atoms with Crippen LogP contribution in [0.3, 0.4) is 0 Å². The first-order valence-electron chi connectivity index (χ1n) is 3.12. The van der Waals surface area contributed by atoms with Gasteiger partial charge in [-0.2, -0.15) is 0 Å². The van der Waals surface area contributed by atoms with Gasteiger partial charge in [0.1, 0.15) is 5.60 Å². The molecule has 52 valence electrons. The molecule has 0 radical (unpaired) electrons. The van der Waals surface area contributed by atoms with Crippen molar-refractivity contribution in [2.75, 3.05) is 19.8 Å². The summed E-state index contributed by atoms with van der Waals surface area (Å²) >= 11 is 0. The summed E-state index contributed by atoms with van der Waals surface area (Å²) in [6.45, 7) is 7.65. The lowest BCUT2D eigenvalue weighted by Crippen LogP contribution is -2.38. The Morgan fingerprint density at radius 2 is 2.33 bits per heavy atom. The van der Waals surface area contributed by atoms with Gasteiger partial charge in [-0.05, 0) is 6.92 Å². The lowest BCUT2D eigenvalue weighted by Gasteiger charge is -2.30. The van der Waals surface area contributed by atoms with Gasteiger partial charge in [-0.1, -0.05) is 6.08 Å². The molecule has 1 saturated heterocycles. The highest BCUT2D eigenvalue weighted by atomic mass is 16.6. The second-order valence-electron chi connectivity index (χ2n) is 2.42. The monoisotopic (exact) mass is 128 g/mol. The third-order valence-electron chi connectivity index (χ3n) is 1.48. The van der Waals surface area contributed by atoms with Gasteiger partial charge in [0, 0.05) is 0 Å². The van der Waals surface area contributed by atoms with Crippen molar-refractivity contribution in [3.8, 4) is 0 Å². The van der Waals surface area contributed by atoms with E-state index in [1.54, 1.807) is 6.08 Å². The van der Waals surface area contributed by atoms with Gasteiger partial charge in [0.15, 0.2) is 0 Å². The molecule has 0 aliphatic carbocycles. The topological polar surface area (TPSA) is 18.5 Å². The van der Waals surface area contributed by atoms with Crippen molar-refractivity contribution < 1.29 is 9.47 Å². The van der Waals surface area contributed by atoms with E-state index in [9.17, 15) is 0 Å². The zero-order valence-electron chi connectivity index (χ0n) is 5.72. The van der Waals surface area contributed by atoms with Crippen molar-refractivity contribution in [2.24, 2.45) is 0 Å². The Balaban J connectivity index is 2.46. The van der Waals surface area contributed by atoms with Crippen LogP contribution >= 0.6 is 0 Å². The fourth-order valence-corrected chi connectivity index (χ4v) is 0.768. The summed E-state index contributed by atoms with van der Waals surface area (Å²) in [5.74, 6) is 0. The lowest BCUT2D eigenvalue weighted by atomic mass is 10.1. The zero-order chi connectivity index (χ0) is 6.74. The average Bonchev–Trinajstić information content (AvgIpc) is 1.90. The predicted molar refractivity (Wildman–Crippen MR) is 35.4 cm³/mol. The molecule has 0 N–H and O–H groups in total. The van der Waals surface area contributed by atoms with E-state index < -0.39 is 0 Å². The van der Waals surface area contributed by atoms with Gasteiger partial charge < -0.3 is 9.47 Å². The van der Waals surface area contributed by atoms with Crippen LogP contribution in [-0.2, 0) is 9.47 Å². The van der Waals surface area contributed by atoms with Crippen molar-refractivity contribution >= 4 is 0 Å². The predicted octanol–water partition coefficient (Wildman–Crippen LogP) is 0.978. The highest BCUT2D eigenvalue weighted by Crippen LogP contribution is 2.15. The minimum Gasteiger partial charge on any atom is -0.376 e. The molecule has 9 heavy (non-hydrogen) atoms. The molecule has 1 fully saturated rings. The van der Waals surface area contributed by atoms with Gasteiger partial charge in [-0.3, -0.25) is 0 Å². The molecule has 2 heteroatoms. The molecule has 1 unspecified atom stereocenters. The van der Waals surface area contributed by atoms with E-state index in [1.165, 1.54) is 0 Å². The second kappa shape index (κ2) is 2.50. The van der Waals surface area contributed by atoms with Crippen molar-refractivity contribution in [3.63, 3.8) is 0 Å². The van der Waals surface area contributed by atoms with Crippen molar-refractivity contribution in [2.45, 2.75) is 12.5 Å². The maximum atomic E-state index is 5.37. The van der Waals surface area contributed by atoms with Crippen molar-refractivity contribution in [1.29, 1.82) is 0 Å². The first-order chi connectivity index (χ1) is 4.27. The number of rotatable bonds is 1. The molecule has 0 aromatic heterocycles. The highest BCUT2D eigenvalue weighted by molar-refractivity contribution is 4.94. The van der Waals surface area contributed by atoms with E-state index in [2.05, 4.69) is 6.58 Å². The maximum absolute atomic E-state index is 5.37. The Bertz CT molecular complexity index is 103. The highest BCUT2D eigenvalue weighted by Gasteiger charge is 2.24. The van der Waals surface area contributed by atoms with Crippen LogP contribution in [0.5, 0.6) is 0 Å². The van der Waals surface area contributed by atoms with Crippen LogP contribution in [0, 0.1) is 0 Å². The fourth-order valence-electron chi connectivity index (χ4n) is 0.768. The van der Waals surface area contributed by atoms with E-state index in [-0.39, 0.29) is 5.60 Å². The van der Waals surface area contributed by atoms with Gasteiger partial charge in [-0.25, -0.2) is 0 Å². The normalized spacial score (nSPS) is 36.1. The smallest absolute Gasteiger partial charge is 0.106 e. The van der Waals surface area contributed by atoms with Gasteiger partial charge in [0.05, 0.1) is 19.8 Å². The van der Waals surface area contributed by atoms with E-state index in [4.69, 9.17) is 9.47 Å². The van der Waals surface area contributed by atoms with Gasteiger partial charge in [0.2, 0.25) is 0 Å². The van der Waals surface area contributed by atoms with Crippen LogP contribution in [0.25, 0.3) is 0 Å². The molecule has 2 nitrogen and oxygen atoms in total. The van der Waals surface area contributed by atoms with E-state index in [0.717, 1.165) is 0 Å². The summed E-state index contributed by atoms with van der Waals surface area (Å²) in [4.78, 5) is 0. The molecule has 1 aliphatic rings. The number of hydrogen-bond donors (Lipinski definition) is 0. The summed E-state index contributed by atoms with van der Waals surface area (Å²) in [6, 6.07) is 0. The Morgan fingerprint density at radius 3 is 2.67 bits per heavy atom. The van der Waals surface area contributed by atoms with E-state index >= 15 is 0 Å². The fraction of sp³-hybridized carbons (Fsp3) is 0.714. The third kappa shape index (κ3) is 1.53. The zero-order valence-corrected chi connectivity index (χ0v) is 5.72. The van der Waals surface area contributed by atoms with Crippen LogP contribution in [0.4, 0.5) is 0 Å². The van der Waals surface area contributed by atoms with Crippen LogP contribution in [-0.4, -0.2) is 25.4 Å². The van der Waals surface area contributed by atoms with Crippen LogP contribution in [0.15, 0.2) is 12.7 Å². The van der Waals surface area contributed by atoms with Gasteiger partial charge in [0.25, 0.3) is 0 Å². The molecule has 1 rings (SSSR count). The van der Waals surface area contributed by atoms with Gasteiger partial charge in [-0.15, -0.1) is 6.58 Å². The quantitative estimate of drug-likeness (QED) is 0.490. The molecule has 0 aromatic carbocycles. The molecule has 1 heterocycles. The van der Waals surface area contributed by atoms with Crippen molar-refractivity contribution in [1.82, 2.24) is 0 Å². The lowest BCUT2D eigenvalue weighted by molar-refractivity contribution is -0.121. The Hall–Kier alpha value is -0.340. The SMILES string of the molecule is C=CC1(C)COCCO1. The molecule has 1 atom stereocenters. The second-order valence-corrected chi connectivity index (χ2v) is 2.42. The third-order valence-corrected chi connectivity index (χ3v) is 1.48. The number of hydrogen-bond acceptors (Lipinski definition) is 2. The molecule has 0 spiro atoms. The molecule has 0 saturated carbocycles. The molecule has 0 amide bonds. The van der Waals surface area contributed by atoms with Crippen molar-refractivity contribution in [3.05, 3.63) is 12.7 Å². The standard InChI is InChI=1S/C7H12O2/c1-3-7(2)6-8-4-5-9-7/h3H,1,4-6H2,2H3. The maximum Gasteiger partial charge on any atom is 0.106 e. The van der Waals surface area contributed by atoms with Gasteiger partial charge >= 0.3 is 0 Å².